The molecule has 0 saturated carbocycles. The van der Waals surface area contributed by atoms with E-state index in [-0.39, 0.29) is 17.9 Å². The number of rotatable bonds is 2. The minimum Gasteiger partial charge on any atom is -0.377 e. The lowest BCUT2D eigenvalue weighted by molar-refractivity contribution is 0.0753. The number of morpholine rings is 1. The molecule has 0 radical (unpaired) electrons. The van der Waals surface area contributed by atoms with E-state index in [9.17, 15) is 4.39 Å². The number of anilines is 2. The fourth-order valence-electron chi connectivity index (χ4n) is 3.36. The van der Waals surface area contributed by atoms with E-state index in [1.807, 2.05) is 37.0 Å². The van der Waals surface area contributed by atoms with Crippen LogP contribution in [0.15, 0.2) is 35.0 Å². The highest BCUT2D eigenvalue weighted by molar-refractivity contribution is 5.97. The second-order valence-corrected chi connectivity index (χ2v) is 6.39. The Labute approximate surface area is 137 Å². The summed E-state index contributed by atoms with van der Waals surface area (Å²) in [6.45, 7) is 10.1. The molecule has 5 heteroatoms. The zero-order valence-electron chi connectivity index (χ0n) is 14.2. The van der Waals surface area contributed by atoms with Gasteiger partial charge in [0.15, 0.2) is 0 Å². The summed E-state index contributed by atoms with van der Waals surface area (Å²) in [5, 5.41) is 0. The average Bonchev–Trinajstić information content (AvgIpc) is 2.48. The molecule has 1 saturated heterocycles. The molecule has 1 fully saturated rings. The number of amidine groups is 1. The first-order valence-corrected chi connectivity index (χ1v) is 8.12. The summed E-state index contributed by atoms with van der Waals surface area (Å²) in [5.41, 5.74) is 2.49. The van der Waals surface area contributed by atoms with Crippen molar-refractivity contribution < 1.29 is 9.13 Å². The number of hydrogen-bond acceptors (Lipinski definition) is 4. The van der Waals surface area contributed by atoms with Crippen molar-refractivity contribution in [3.05, 3.63) is 35.8 Å². The van der Waals surface area contributed by atoms with E-state index in [1.54, 1.807) is 6.07 Å². The molecule has 1 aromatic rings. The number of nitrogens with zero attached hydrogens (tertiary/aromatic N) is 3. The molecule has 0 amide bonds. The Hall–Kier alpha value is -1.88. The van der Waals surface area contributed by atoms with Gasteiger partial charge in [0, 0.05) is 17.9 Å². The van der Waals surface area contributed by atoms with Gasteiger partial charge in [0.1, 0.15) is 11.7 Å². The highest BCUT2D eigenvalue weighted by Gasteiger charge is 2.28. The summed E-state index contributed by atoms with van der Waals surface area (Å²) in [6.07, 6.45) is 2.05. The van der Waals surface area contributed by atoms with Crippen LogP contribution in [0.2, 0.25) is 0 Å². The molecule has 4 nitrogen and oxygen atoms in total. The molecular weight excluding hydrogens is 293 g/mol. The highest BCUT2D eigenvalue weighted by atomic mass is 19.1. The normalized spacial score (nSPS) is 25.3. The van der Waals surface area contributed by atoms with E-state index < -0.39 is 0 Å². The first-order valence-electron chi connectivity index (χ1n) is 8.12. The van der Waals surface area contributed by atoms with Gasteiger partial charge in [-0.3, -0.25) is 0 Å². The second-order valence-electron chi connectivity index (χ2n) is 6.39. The molecular formula is C18H24FN3O. The third kappa shape index (κ3) is 3.11. The Morgan fingerprint density at radius 2 is 1.87 bits per heavy atom. The van der Waals surface area contributed by atoms with Crippen LogP contribution in [0, 0.1) is 5.82 Å². The maximum atomic E-state index is 14.8. The van der Waals surface area contributed by atoms with Crippen molar-refractivity contribution in [2.24, 2.45) is 4.99 Å². The van der Waals surface area contributed by atoms with Crippen LogP contribution in [0.25, 0.3) is 0 Å². The smallest absolute Gasteiger partial charge is 0.148 e. The van der Waals surface area contributed by atoms with E-state index in [4.69, 9.17) is 4.74 Å². The number of halogens is 1. The molecule has 2 heterocycles. The summed E-state index contributed by atoms with van der Waals surface area (Å²) in [6, 6.07) is 5.80. The lowest BCUT2D eigenvalue weighted by Gasteiger charge is -2.41. The third-order valence-corrected chi connectivity index (χ3v) is 4.49. The monoisotopic (exact) mass is 317 g/mol. The van der Waals surface area contributed by atoms with Crippen molar-refractivity contribution in [3.63, 3.8) is 0 Å². The molecule has 2 aliphatic rings. The Kier molecular flexibility index (Phi) is 4.39. The van der Waals surface area contributed by atoms with Gasteiger partial charge in [-0.2, -0.15) is 0 Å². The topological polar surface area (TPSA) is 28.1 Å². The summed E-state index contributed by atoms with van der Waals surface area (Å²) < 4.78 is 20.3. The third-order valence-electron chi connectivity index (χ3n) is 4.49. The van der Waals surface area contributed by atoms with Gasteiger partial charge >= 0.3 is 0 Å². The summed E-state index contributed by atoms with van der Waals surface area (Å²) in [5.74, 6) is 0.701. The number of benzene rings is 1. The molecule has 0 spiro atoms. The van der Waals surface area contributed by atoms with E-state index in [1.165, 1.54) is 0 Å². The fraction of sp³-hybridized carbons (Fsp3) is 0.500. The van der Waals surface area contributed by atoms with Gasteiger partial charge in [-0.15, -0.1) is 0 Å². The maximum absolute atomic E-state index is 14.8. The Balaban J connectivity index is 1.88. The van der Waals surface area contributed by atoms with E-state index in [0.717, 1.165) is 23.8 Å². The SMILES string of the molecule is CC1=CCN(c2ccc(N3C(C)COCC3C)c(F)c2)C(C)=N1. The number of allylic oxidation sites excluding steroid dienone is 1. The molecule has 2 aliphatic heterocycles. The van der Waals surface area contributed by atoms with Gasteiger partial charge in [-0.05, 0) is 52.0 Å². The van der Waals surface area contributed by atoms with Crippen molar-refractivity contribution in [3.8, 4) is 0 Å². The first kappa shape index (κ1) is 16.0. The minimum absolute atomic E-state index is 0.169. The molecule has 2 atom stereocenters. The predicted octanol–water partition coefficient (Wildman–Crippen LogP) is 3.58. The van der Waals surface area contributed by atoms with Crippen molar-refractivity contribution in [2.45, 2.75) is 39.8 Å². The van der Waals surface area contributed by atoms with E-state index >= 15 is 0 Å². The Morgan fingerprint density at radius 1 is 1.17 bits per heavy atom. The van der Waals surface area contributed by atoms with Crippen molar-refractivity contribution in [1.29, 1.82) is 0 Å². The average molecular weight is 317 g/mol. The molecule has 1 aromatic carbocycles. The molecule has 124 valence electrons. The van der Waals surface area contributed by atoms with Crippen molar-refractivity contribution in [1.82, 2.24) is 0 Å². The molecule has 0 aromatic heterocycles. The molecule has 23 heavy (non-hydrogen) atoms. The molecule has 0 N–H and O–H groups in total. The first-order chi connectivity index (χ1) is 11.0. The van der Waals surface area contributed by atoms with Crippen LogP contribution < -0.4 is 9.80 Å². The quantitative estimate of drug-likeness (QED) is 0.834. The number of aliphatic imine (C=N–C) groups is 1. The predicted molar refractivity (Wildman–Crippen MR) is 92.8 cm³/mol. The largest absolute Gasteiger partial charge is 0.377 e. The lowest BCUT2D eigenvalue weighted by Crippen LogP contribution is -2.50. The van der Waals surface area contributed by atoms with Gasteiger partial charge in [0.2, 0.25) is 0 Å². The Morgan fingerprint density at radius 3 is 2.48 bits per heavy atom. The van der Waals surface area contributed by atoms with Gasteiger partial charge < -0.3 is 14.5 Å². The van der Waals surface area contributed by atoms with Gasteiger partial charge in [0.05, 0.1) is 31.0 Å². The molecule has 0 aliphatic carbocycles. The number of hydrogen-bond donors (Lipinski definition) is 0. The standard InChI is InChI=1S/C18H24FN3O/c1-12-7-8-21(15(4)20-12)16-5-6-18(17(19)9-16)22-13(2)10-23-11-14(22)3/h5-7,9,13-14H,8,10-11H2,1-4H3. The lowest BCUT2D eigenvalue weighted by atomic mass is 10.1. The van der Waals surface area contributed by atoms with Crippen LogP contribution in [-0.2, 0) is 4.74 Å². The summed E-state index contributed by atoms with van der Waals surface area (Å²) in [4.78, 5) is 8.60. The molecule has 0 bridgehead atoms. The molecule has 3 rings (SSSR count). The van der Waals surface area contributed by atoms with Crippen molar-refractivity contribution in [2.75, 3.05) is 29.6 Å². The zero-order chi connectivity index (χ0) is 16.6. The van der Waals surface area contributed by atoms with Crippen molar-refractivity contribution >= 4 is 17.2 Å². The van der Waals surface area contributed by atoms with Crippen LogP contribution in [0.5, 0.6) is 0 Å². The van der Waals surface area contributed by atoms with E-state index in [0.29, 0.717) is 18.9 Å². The minimum atomic E-state index is -0.192. The van der Waals surface area contributed by atoms with Crippen LogP contribution in [-0.4, -0.2) is 37.7 Å². The summed E-state index contributed by atoms with van der Waals surface area (Å²) >= 11 is 0. The molecule has 2 unspecified atom stereocenters. The van der Waals surface area contributed by atoms with Gasteiger partial charge in [-0.1, -0.05) is 0 Å². The van der Waals surface area contributed by atoms with Crippen LogP contribution in [0.4, 0.5) is 15.8 Å². The highest BCUT2D eigenvalue weighted by Crippen LogP contribution is 2.30. The number of ether oxygens (including phenoxy) is 1. The van der Waals surface area contributed by atoms with Gasteiger partial charge in [-0.25, -0.2) is 9.38 Å². The zero-order valence-corrected chi connectivity index (χ0v) is 14.2. The van der Waals surface area contributed by atoms with Gasteiger partial charge in [0.25, 0.3) is 0 Å². The van der Waals surface area contributed by atoms with Crippen LogP contribution >= 0.6 is 0 Å². The Bertz CT molecular complexity index is 646. The van der Waals surface area contributed by atoms with Crippen LogP contribution in [0.1, 0.15) is 27.7 Å². The fourth-order valence-corrected chi connectivity index (χ4v) is 3.36. The van der Waals surface area contributed by atoms with Crippen LogP contribution in [0.3, 0.4) is 0 Å². The second kappa shape index (κ2) is 6.32. The maximum Gasteiger partial charge on any atom is 0.148 e. The summed E-state index contributed by atoms with van der Waals surface area (Å²) in [7, 11) is 0. The van der Waals surface area contributed by atoms with E-state index in [2.05, 4.69) is 23.7 Å².